The zero-order valence-electron chi connectivity index (χ0n) is 14.6. The summed E-state index contributed by atoms with van der Waals surface area (Å²) in [5.74, 6) is 0.736. The van der Waals surface area contributed by atoms with Crippen LogP contribution < -0.4 is 10.6 Å². The van der Waals surface area contributed by atoms with Crippen molar-refractivity contribution in [3.05, 3.63) is 18.0 Å². The van der Waals surface area contributed by atoms with E-state index in [1.54, 1.807) is 0 Å². The first-order valence-corrected chi connectivity index (χ1v) is 9.68. The molecule has 132 valence electrons. The second kappa shape index (κ2) is 5.71. The Hall–Kier alpha value is -2.11. The summed E-state index contributed by atoms with van der Waals surface area (Å²) < 4.78 is 2.12. The van der Waals surface area contributed by atoms with Crippen LogP contribution in [-0.2, 0) is 6.54 Å². The van der Waals surface area contributed by atoms with Gasteiger partial charge in [0, 0.05) is 24.2 Å². The summed E-state index contributed by atoms with van der Waals surface area (Å²) in [5, 5.41) is 7.72. The molecule has 6 nitrogen and oxygen atoms in total. The van der Waals surface area contributed by atoms with Crippen LogP contribution in [0.4, 0.5) is 5.95 Å². The molecule has 1 spiro atoms. The number of aromatic nitrogens is 3. The van der Waals surface area contributed by atoms with Crippen molar-refractivity contribution < 1.29 is 4.79 Å². The summed E-state index contributed by atoms with van der Waals surface area (Å²) in [6.45, 7) is 0.831. The van der Waals surface area contributed by atoms with Crippen molar-refractivity contribution in [2.24, 2.45) is 0 Å². The third-order valence-corrected chi connectivity index (χ3v) is 6.21. The lowest BCUT2D eigenvalue weighted by atomic mass is 9.95. The van der Waals surface area contributed by atoms with Crippen LogP contribution in [0.3, 0.4) is 0 Å². The average Bonchev–Trinajstić information content (AvgIpc) is 3.21. The molecule has 0 radical (unpaired) electrons. The van der Waals surface area contributed by atoms with Gasteiger partial charge in [-0.05, 0) is 31.7 Å². The van der Waals surface area contributed by atoms with Crippen LogP contribution >= 0.6 is 0 Å². The Balaban J connectivity index is 1.50. The van der Waals surface area contributed by atoms with E-state index in [1.165, 1.54) is 44.9 Å². The van der Waals surface area contributed by atoms with Crippen LogP contribution in [0.1, 0.15) is 68.3 Å². The number of amides is 1. The first-order chi connectivity index (χ1) is 12.2. The van der Waals surface area contributed by atoms with Gasteiger partial charge in [-0.15, -0.1) is 0 Å². The van der Waals surface area contributed by atoms with Gasteiger partial charge in [-0.1, -0.05) is 32.1 Å². The Labute approximate surface area is 147 Å². The first kappa shape index (κ1) is 15.2. The van der Waals surface area contributed by atoms with E-state index in [0.29, 0.717) is 12.0 Å². The summed E-state index contributed by atoms with van der Waals surface area (Å²) in [4.78, 5) is 21.9. The minimum atomic E-state index is -0.0715. The normalized spacial score (nSPS) is 23.0. The highest BCUT2D eigenvalue weighted by Gasteiger charge is 2.41. The van der Waals surface area contributed by atoms with Gasteiger partial charge in [0.15, 0.2) is 0 Å². The summed E-state index contributed by atoms with van der Waals surface area (Å²) in [7, 11) is 0. The van der Waals surface area contributed by atoms with Crippen LogP contribution in [0.5, 0.6) is 0 Å². The Kier molecular flexibility index (Phi) is 3.47. The van der Waals surface area contributed by atoms with Crippen LogP contribution in [0, 0.1) is 0 Å². The Morgan fingerprint density at radius 2 is 1.96 bits per heavy atom. The lowest BCUT2D eigenvalue weighted by Crippen LogP contribution is -2.53. The number of anilines is 1. The van der Waals surface area contributed by atoms with Gasteiger partial charge < -0.3 is 15.2 Å². The number of hydrogen-bond donors (Lipinski definition) is 2. The molecule has 0 saturated heterocycles. The maximum atomic E-state index is 12.6. The number of carbonyl (C=O) groups is 1. The first-order valence-electron chi connectivity index (χ1n) is 9.68. The minimum Gasteiger partial charge on any atom is -0.351 e. The molecule has 0 unspecified atom stereocenters. The van der Waals surface area contributed by atoms with Gasteiger partial charge in [0.05, 0.1) is 5.54 Å². The van der Waals surface area contributed by atoms with Gasteiger partial charge in [-0.25, -0.2) is 4.98 Å². The largest absolute Gasteiger partial charge is 0.351 e. The van der Waals surface area contributed by atoms with E-state index in [4.69, 9.17) is 4.98 Å². The van der Waals surface area contributed by atoms with Crippen molar-refractivity contribution in [3.63, 3.8) is 0 Å². The lowest BCUT2D eigenvalue weighted by molar-refractivity contribution is 0.0842. The van der Waals surface area contributed by atoms with Gasteiger partial charge in [-0.3, -0.25) is 4.79 Å². The van der Waals surface area contributed by atoms with Gasteiger partial charge in [0.1, 0.15) is 11.3 Å². The van der Waals surface area contributed by atoms with E-state index < -0.39 is 0 Å². The molecule has 3 aliphatic rings. The fraction of sp³-hybridized carbons (Fsp3) is 0.632. The van der Waals surface area contributed by atoms with E-state index in [9.17, 15) is 4.79 Å². The highest BCUT2D eigenvalue weighted by molar-refractivity contribution is 5.99. The van der Waals surface area contributed by atoms with Gasteiger partial charge in [-0.2, -0.15) is 4.98 Å². The summed E-state index contributed by atoms with van der Waals surface area (Å²) >= 11 is 0. The molecule has 0 bridgehead atoms. The zero-order chi connectivity index (χ0) is 16.9. The van der Waals surface area contributed by atoms with Crippen molar-refractivity contribution in [2.45, 2.75) is 75.9 Å². The molecule has 25 heavy (non-hydrogen) atoms. The quantitative estimate of drug-likeness (QED) is 0.881. The smallest absolute Gasteiger partial charge is 0.268 e. The Morgan fingerprint density at radius 1 is 1.16 bits per heavy atom. The molecule has 2 aliphatic carbocycles. The van der Waals surface area contributed by atoms with Crippen molar-refractivity contribution in [3.8, 4) is 0 Å². The second-order valence-corrected chi connectivity index (χ2v) is 8.01. The molecular formula is C19H25N5O. The number of carbonyl (C=O) groups excluding carboxylic acids is 1. The monoisotopic (exact) mass is 339 g/mol. The topological polar surface area (TPSA) is 71.8 Å². The molecule has 2 aromatic heterocycles. The number of rotatable bonds is 2. The fourth-order valence-corrected chi connectivity index (χ4v) is 4.87. The van der Waals surface area contributed by atoms with Crippen molar-refractivity contribution in [2.75, 3.05) is 5.32 Å². The highest BCUT2D eigenvalue weighted by Crippen LogP contribution is 2.36. The van der Waals surface area contributed by atoms with Crippen LogP contribution in [0.25, 0.3) is 11.0 Å². The molecule has 0 atom stereocenters. The van der Waals surface area contributed by atoms with Crippen molar-refractivity contribution in [1.82, 2.24) is 19.9 Å². The molecule has 5 rings (SSSR count). The highest BCUT2D eigenvalue weighted by atomic mass is 16.2. The lowest BCUT2D eigenvalue weighted by Gasteiger charge is -2.35. The molecule has 2 N–H and O–H groups in total. The van der Waals surface area contributed by atoms with Crippen molar-refractivity contribution >= 4 is 22.9 Å². The van der Waals surface area contributed by atoms with Gasteiger partial charge in [0.25, 0.3) is 5.91 Å². The summed E-state index contributed by atoms with van der Waals surface area (Å²) in [6.07, 6.45) is 12.7. The molecule has 2 aromatic rings. The molecule has 2 saturated carbocycles. The molecular weight excluding hydrogens is 314 g/mol. The number of hydrogen-bond acceptors (Lipinski definition) is 4. The number of fused-ring (bicyclic) bond motifs is 3. The van der Waals surface area contributed by atoms with E-state index in [-0.39, 0.29) is 11.4 Å². The predicted molar refractivity (Wildman–Crippen MR) is 96.7 cm³/mol. The Bertz CT molecular complexity index is 815. The standard InChI is InChI=1S/C19H25N5O/c25-17-15-10-13-11-20-18(21-14-6-2-1-3-7-14)22-16(13)24(15)12-19(23-17)8-4-5-9-19/h10-11,14H,1-9,12H2,(H,23,25)(H,20,21,22). The second-order valence-electron chi connectivity index (χ2n) is 8.01. The van der Waals surface area contributed by atoms with E-state index in [2.05, 4.69) is 20.2 Å². The van der Waals surface area contributed by atoms with Crippen molar-refractivity contribution in [1.29, 1.82) is 0 Å². The maximum absolute atomic E-state index is 12.6. The maximum Gasteiger partial charge on any atom is 0.268 e. The predicted octanol–water partition coefficient (Wildman–Crippen LogP) is 3.23. The third kappa shape index (κ3) is 2.58. The zero-order valence-corrected chi connectivity index (χ0v) is 14.6. The SMILES string of the molecule is O=C1NC2(CCCC2)Cn2c1cc1cnc(NC3CCCCC3)nc12. The Morgan fingerprint density at radius 3 is 2.76 bits per heavy atom. The van der Waals surface area contributed by atoms with Gasteiger partial charge in [0.2, 0.25) is 5.95 Å². The molecule has 6 heteroatoms. The number of nitrogens with one attached hydrogen (secondary N) is 2. The van der Waals surface area contributed by atoms with Crippen LogP contribution in [0.2, 0.25) is 0 Å². The van der Waals surface area contributed by atoms with Gasteiger partial charge >= 0.3 is 0 Å². The molecule has 2 fully saturated rings. The molecule has 0 aromatic carbocycles. The number of nitrogens with zero attached hydrogens (tertiary/aromatic N) is 3. The summed E-state index contributed by atoms with van der Waals surface area (Å²) in [5.41, 5.74) is 1.54. The van der Waals surface area contributed by atoms with E-state index >= 15 is 0 Å². The van der Waals surface area contributed by atoms with Crippen LogP contribution in [0.15, 0.2) is 12.3 Å². The minimum absolute atomic E-state index is 0.0351. The molecule has 1 aliphatic heterocycles. The third-order valence-electron chi connectivity index (χ3n) is 6.21. The van der Waals surface area contributed by atoms with E-state index in [1.807, 2.05) is 12.3 Å². The molecule has 3 heterocycles. The molecule has 1 amide bonds. The van der Waals surface area contributed by atoms with Crippen LogP contribution in [-0.4, -0.2) is 32.0 Å². The average molecular weight is 339 g/mol. The van der Waals surface area contributed by atoms with E-state index in [0.717, 1.165) is 36.1 Å². The fourth-order valence-electron chi connectivity index (χ4n) is 4.87. The summed E-state index contributed by atoms with van der Waals surface area (Å²) in [6, 6.07) is 2.41.